The predicted molar refractivity (Wildman–Crippen MR) is 156 cm³/mol. The van der Waals surface area contributed by atoms with E-state index in [9.17, 15) is 9.59 Å². The number of carbonyl (C=O) groups excluding carboxylic acids is 2. The lowest BCUT2D eigenvalue weighted by Gasteiger charge is -2.15. The van der Waals surface area contributed by atoms with Gasteiger partial charge in [0.05, 0.1) is 22.6 Å². The Hall–Kier alpha value is -2.07. The van der Waals surface area contributed by atoms with Crippen molar-refractivity contribution in [3.8, 4) is 11.5 Å². The van der Waals surface area contributed by atoms with Crippen molar-refractivity contribution in [3.05, 3.63) is 61.9 Å². The molecule has 1 saturated heterocycles. The van der Waals surface area contributed by atoms with E-state index in [-0.39, 0.29) is 18.5 Å². The van der Waals surface area contributed by atoms with Gasteiger partial charge in [-0.25, -0.2) is 0 Å². The molecule has 1 amide bonds. The van der Waals surface area contributed by atoms with Crippen LogP contribution in [0.2, 0.25) is 5.02 Å². The second-order valence-electron chi connectivity index (χ2n) is 8.09. The van der Waals surface area contributed by atoms with Gasteiger partial charge in [-0.3, -0.25) is 14.5 Å². The van der Waals surface area contributed by atoms with Crippen molar-refractivity contribution >= 4 is 73.8 Å². The molecule has 1 aliphatic heterocycles. The quantitative estimate of drug-likeness (QED) is 0.0993. The maximum atomic E-state index is 13.0. The zero-order valence-corrected chi connectivity index (χ0v) is 24.7. The summed E-state index contributed by atoms with van der Waals surface area (Å²) in [7, 11) is 0. The number of hydrogen-bond acceptors (Lipinski definition) is 7. The molecule has 0 saturated carbocycles. The van der Waals surface area contributed by atoms with Gasteiger partial charge in [0.1, 0.15) is 10.9 Å². The Balaban J connectivity index is 1.66. The molecule has 0 N–H and O–H groups in total. The third-order valence-corrected chi connectivity index (χ3v) is 7.74. The number of ether oxygens (including phenoxy) is 3. The van der Waals surface area contributed by atoms with E-state index in [4.69, 9.17) is 38.0 Å². The first-order valence-corrected chi connectivity index (χ1v) is 14.5. The van der Waals surface area contributed by atoms with Crippen molar-refractivity contribution in [1.29, 1.82) is 0 Å². The van der Waals surface area contributed by atoms with Crippen molar-refractivity contribution in [2.24, 2.45) is 0 Å². The number of thiocarbonyl (C=S) groups is 1. The first-order valence-electron chi connectivity index (χ1n) is 12.1. The van der Waals surface area contributed by atoms with E-state index in [1.54, 1.807) is 11.8 Å². The number of thioether (sulfide) groups is 1. The topological polar surface area (TPSA) is 65.1 Å². The van der Waals surface area contributed by atoms with E-state index in [0.29, 0.717) is 56.4 Å². The second-order valence-corrected chi connectivity index (χ2v) is 11.0. The van der Waals surface area contributed by atoms with Crippen LogP contribution >= 0.6 is 51.5 Å². The highest BCUT2D eigenvalue weighted by Crippen LogP contribution is 2.40. The lowest BCUT2D eigenvalue weighted by atomic mass is 10.1. The number of unbranched alkanes of at least 4 members (excludes halogenated alkanes) is 2. The molecule has 37 heavy (non-hydrogen) atoms. The molecule has 6 nitrogen and oxygen atoms in total. The summed E-state index contributed by atoms with van der Waals surface area (Å²) < 4.78 is 18.1. The van der Waals surface area contributed by atoms with Crippen LogP contribution in [0, 0.1) is 0 Å². The van der Waals surface area contributed by atoms with Crippen LogP contribution in [-0.2, 0) is 20.9 Å². The highest BCUT2D eigenvalue weighted by atomic mass is 79.9. The molecule has 0 radical (unpaired) electrons. The van der Waals surface area contributed by atoms with Crippen molar-refractivity contribution in [2.75, 3.05) is 19.8 Å². The Bertz CT molecular complexity index is 1170. The van der Waals surface area contributed by atoms with Crippen molar-refractivity contribution in [2.45, 2.75) is 46.1 Å². The summed E-state index contributed by atoms with van der Waals surface area (Å²) in [6.07, 6.45) is 4.50. The SMILES string of the molecule is CCOC(=O)CCCCCN1C(=O)/C(=C/c2cc(Br)c(OCc3ccccc3Cl)c(OCC)c2)SC1=S. The zero-order valence-electron chi connectivity index (χ0n) is 20.8. The molecule has 3 rings (SSSR count). The maximum Gasteiger partial charge on any atom is 0.305 e. The Morgan fingerprint density at radius 1 is 1.14 bits per heavy atom. The fraction of sp³-hybridized carbons (Fsp3) is 0.370. The molecule has 10 heteroatoms. The minimum Gasteiger partial charge on any atom is -0.490 e. The summed E-state index contributed by atoms with van der Waals surface area (Å²) in [5.41, 5.74) is 1.66. The average Bonchev–Trinajstić information content (AvgIpc) is 3.12. The van der Waals surface area contributed by atoms with E-state index in [1.807, 2.05) is 49.4 Å². The van der Waals surface area contributed by atoms with E-state index in [2.05, 4.69) is 15.9 Å². The number of carbonyl (C=O) groups is 2. The molecule has 2 aromatic carbocycles. The highest BCUT2D eigenvalue weighted by molar-refractivity contribution is 9.10. The van der Waals surface area contributed by atoms with E-state index >= 15 is 0 Å². The van der Waals surface area contributed by atoms with Crippen LogP contribution in [0.5, 0.6) is 11.5 Å². The van der Waals surface area contributed by atoms with E-state index < -0.39 is 0 Å². The number of esters is 1. The van der Waals surface area contributed by atoms with E-state index in [0.717, 1.165) is 30.4 Å². The van der Waals surface area contributed by atoms with Crippen molar-refractivity contribution in [1.82, 2.24) is 4.90 Å². The molecule has 0 unspecified atom stereocenters. The second kappa shape index (κ2) is 14.8. The lowest BCUT2D eigenvalue weighted by molar-refractivity contribution is -0.143. The van der Waals surface area contributed by atoms with Gasteiger partial charge >= 0.3 is 5.97 Å². The number of amides is 1. The first kappa shape index (κ1) is 29.5. The zero-order chi connectivity index (χ0) is 26.8. The molecule has 198 valence electrons. The maximum absolute atomic E-state index is 13.0. The summed E-state index contributed by atoms with van der Waals surface area (Å²) in [5.74, 6) is 0.823. The molecule has 0 bridgehead atoms. The Labute approximate surface area is 240 Å². The van der Waals surface area contributed by atoms with Crippen molar-refractivity contribution < 1.29 is 23.8 Å². The third-order valence-electron chi connectivity index (χ3n) is 5.40. The van der Waals surface area contributed by atoms with Gasteiger partial charge in [-0.05, 0) is 72.5 Å². The molecule has 0 aromatic heterocycles. The normalized spacial score (nSPS) is 14.4. The molecule has 0 atom stereocenters. The van der Waals surface area contributed by atoms with Crippen molar-refractivity contribution in [3.63, 3.8) is 0 Å². The summed E-state index contributed by atoms with van der Waals surface area (Å²) in [5, 5.41) is 0.634. The Morgan fingerprint density at radius 2 is 1.92 bits per heavy atom. The number of benzene rings is 2. The molecular weight excluding hydrogens is 598 g/mol. The minimum absolute atomic E-state index is 0.117. The fourth-order valence-corrected chi connectivity index (χ4v) is 5.71. The van der Waals surface area contributed by atoms with Crippen LogP contribution < -0.4 is 9.47 Å². The largest absolute Gasteiger partial charge is 0.490 e. The van der Waals surface area contributed by atoms with Crippen LogP contribution in [0.15, 0.2) is 45.8 Å². The predicted octanol–water partition coefficient (Wildman–Crippen LogP) is 7.40. The highest BCUT2D eigenvalue weighted by Gasteiger charge is 2.31. The van der Waals surface area contributed by atoms with Gasteiger partial charge in [-0.15, -0.1) is 0 Å². The van der Waals surface area contributed by atoms with Gasteiger partial charge in [0.15, 0.2) is 11.5 Å². The molecule has 0 spiro atoms. The minimum atomic E-state index is -0.186. The van der Waals surface area contributed by atoms with Crippen LogP contribution in [0.1, 0.15) is 50.7 Å². The third kappa shape index (κ3) is 8.46. The number of rotatable bonds is 13. The summed E-state index contributed by atoms with van der Waals surface area (Å²) in [6, 6.07) is 11.2. The van der Waals surface area contributed by atoms with Gasteiger partial charge in [0, 0.05) is 23.6 Å². The molecular formula is C27H29BrClNO5S2. The van der Waals surface area contributed by atoms with Crippen LogP contribution in [-0.4, -0.2) is 40.9 Å². The van der Waals surface area contributed by atoms with E-state index in [1.165, 1.54) is 11.8 Å². The molecule has 1 fully saturated rings. The molecule has 0 aliphatic carbocycles. The van der Waals surface area contributed by atoms with Gasteiger partial charge in [-0.1, -0.05) is 60.2 Å². The number of halogens is 2. The molecule has 1 heterocycles. The van der Waals surface area contributed by atoms with Gasteiger partial charge in [-0.2, -0.15) is 0 Å². The van der Waals surface area contributed by atoms with Crippen LogP contribution in [0.4, 0.5) is 0 Å². The number of hydrogen-bond donors (Lipinski definition) is 0. The molecule has 1 aliphatic rings. The van der Waals surface area contributed by atoms with Gasteiger partial charge < -0.3 is 14.2 Å². The standard InChI is InChI=1S/C27H29BrClNO5S2/c1-3-33-22-15-18(14-20(28)25(22)35-17-19-10-7-8-11-21(19)29)16-23-26(32)30(27(36)37-23)13-9-5-6-12-24(31)34-4-2/h7-8,10-11,14-16H,3-6,9,12-13,17H2,1-2H3/b23-16-. The molecule has 2 aromatic rings. The van der Waals surface area contributed by atoms with Gasteiger partial charge in [0.25, 0.3) is 5.91 Å². The Morgan fingerprint density at radius 3 is 2.65 bits per heavy atom. The Kier molecular flexibility index (Phi) is 11.8. The van der Waals surface area contributed by atoms with Gasteiger partial charge in [0.2, 0.25) is 0 Å². The lowest BCUT2D eigenvalue weighted by Crippen LogP contribution is -2.29. The van der Waals surface area contributed by atoms with Crippen LogP contribution in [0.25, 0.3) is 6.08 Å². The monoisotopic (exact) mass is 625 g/mol. The smallest absolute Gasteiger partial charge is 0.305 e. The summed E-state index contributed by atoms with van der Waals surface area (Å²) in [4.78, 5) is 26.7. The fourth-order valence-electron chi connectivity index (χ4n) is 3.63. The van der Waals surface area contributed by atoms with Crippen LogP contribution in [0.3, 0.4) is 0 Å². The summed E-state index contributed by atoms with van der Waals surface area (Å²) >= 11 is 16.6. The number of nitrogens with zero attached hydrogens (tertiary/aromatic N) is 1. The summed E-state index contributed by atoms with van der Waals surface area (Å²) in [6.45, 7) is 5.35. The first-order chi connectivity index (χ1) is 17.8. The average molecular weight is 627 g/mol.